The maximum atomic E-state index is 10.3. The van der Waals surface area contributed by atoms with Gasteiger partial charge in [-0.15, -0.1) is 0 Å². The van der Waals surface area contributed by atoms with E-state index in [4.69, 9.17) is 10.2 Å². The molecule has 2 N–H and O–H groups in total. The molecule has 0 unspecified atom stereocenters. The average Bonchev–Trinajstić information content (AvgIpc) is 2.88. The van der Waals surface area contributed by atoms with Gasteiger partial charge in [-0.3, -0.25) is 0 Å². The van der Waals surface area contributed by atoms with Gasteiger partial charge in [-0.05, 0) is 12.1 Å². The van der Waals surface area contributed by atoms with E-state index in [0.29, 0.717) is 0 Å². The molecule has 1 rings (SSSR count). The summed E-state index contributed by atoms with van der Waals surface area (Å²) in [6.07, 6.45) is 17.7. The van der Waals surface area contributed by atoms with Crippen molar-refractivity contribution in [2.75, 3.05) is 0 Å². The fourth-order valence-electron chi connectivity index (χ4n) is 3.97. The summed E-state index contributed by atoms with van der Waals surface area (Å²) in [7, 11) is 0. The van der Waals surface area contributed by atoms with Crippen LogP contribution in [0.5, 0.6) is 5.75 Å². The molecule has 0 amide bonds. The van der Waals surface area contributed by atoms with Crippen LogP contribution in [0, 0.1) is 0 Å². The molecule has 5 heteroatoms. The van der Waals surface area contributed by atoms with Gasteiger partial charge in [0.25, 0.3) is 0 Å². The van der Waals surface area contributed by atoms with Crippen molar-refractivity contribution in [3.8, 4) is 5.75 Å². The second-order valence-electron chi connectivity index (χ2n) is 9.94. The van der Waals surface area contributed by atoms with Crippen molar-refractivity contribution in [2.24, 2.45) is 0 Å². The molecule has 1 aromatic rings. The Morgan fingerprint density at radius 3 is 1.06 bits per heavy atom. The number of aromatic carboxylic acids is 1. The van der Waals surface area contributed by atoms with E-state index < -0.39 is 45.5 Å². The van der Waals surface area contributed by atoms with Crippen LogP contribution in [0.1, 0.15) is 129 Å². The number of phenols is 1. The first kappa shape index (κ1) is 38.2. The number of carboxylic acid groups (broad SMARTS) is 1. The maximum Gasteiger partial charge on any atom is 0.339 e. The van der Waals surface area contributed by atoms with Gasteiger partial charge in [0, 0.05) is 0 Å². The van der Waals surface area contributed by atoms with Gasteiger partial charge in [0.1, 0.15) is 11.3 Å². The molecule has 36 heavy (non-hydrogen) atoms. The second-order valence-corrected chi connectivity index (χ2v) is 27.1. The Hall–Kier alpha value is 0.0874. The molecule has 1 aromatic carbocycles. The standard InChI is InChI=1S/C7H6O3.6C4H9.2Sn/c8-6-4-2-1-3-5(6)7(9)10;6*1-3-4-2;;/h1-4,8H,(H,9,10);6*1,3-4H2,2H3;;. The number of rotatable bonds is 19. The van der Waals surface area contributed by atoms with E-state index >= 15 is 0 Å². The van der Waals surface area contributed by atoms with Crippen molar-refractivity contribution in [3.63, 3.8) is 0 Å². The third kappa shape index (κ3) is 24.4. The summed E-state index contributed by atoms with van der Waals surface area (Å²) in [5.74, 6) is -1.31. The molecule has 0 aliphatic rings. The molecule has 0 aliphatic heterocycles. The van der Waals surface area contributed by atoms with Crippen molar-refractivity contribution >= 4 is 45.5 Å². The zero-order valence-corrected chi connectivity index (χ0v) is 30.5. The predicted octanol–water partition coefficient (Wildman–Crippen LogP) is 10.9. The summed E-state index contributed by atoms with van der Waals surface area (Å²) < 4.78 is 10.1. The van der Waals surface area contributed by atoms with E-state index in [1.165, 1.54) is 89.2 Å². The monoisotopic (exact) mass is 720 g/mol. The van der Waals surface area contributed by atoms with Crippen molar-refractivity contribution in [1.29, 1.82) is 0 Å². The molecule has 0 aliphatic carbocycles. The number of benzene rings is 1. The first-order valence-corrected chi connectivity index (χ1v) is 27.2. The zero-order chi connectivity index (χ0) is 27.4. The fraction of sp³-hybridized carbons (Fsp3) is 0.774. The summed E-state index contributed by atoms with van der Waals surface area (Å²) in [4.78, 5) is 10.3. The molecule has 0 saturated heterocycles. The molecular weight excluding hydrogens is 658 g/mol. The maximum absolute atomic E-state index is 10.3. The Morgan fingerprint density at radius 2 is 0.861 bits per heavy atom. The summed E-state index contributed by atoms with van der Waals surface area (Å²) in [5.41, 5.74) is -0.0671. The van der Waals surface area contributed by atoms with Gasteiger partial charge in [-0.1, -0.05) is 12.1 Å². The van der Waals surface area contributed by atoms with Crippen LogP contribution in [-0.2, 0) is 0 Å². The molecular formula is C31H60O3Sn2. The van der Waals surface area contributed by atoms with Gasteiger partial charge < -0.3 is 10.2 Å². The zero-order valence-electron chi connectivity index (χ0n) is 24.8. The van der Waals surface area contributed by atoms with Crippen LogP contribution in [-0.4, -0.2) is 55.7 Å². The van der Waals surface area contributed by atoms with Crippen LogP contribution in [0.4, 0.5) is 0 Å². The number of carbonyl (C=O) groups is 1. The third-order valence-electron chi connectivity index (χ3n) is 6.44. The number of carboxylic acids is 1. The Balaban J connectivity index is 0. The SMILES string of the molecule is CCC[CH2][Sn]([CH2]CCC)[CH2]CCC.CCC[CH2][Sn]([CH2]CCC)[CH2]CCC.O=C(O)c1ccccc1O. The summed E-state index contributed by atoms with van der Waals surface area (Å²) in [6.45, 7) is 14.0. The molecule has 3 nitrogen and oxygen atoms in total. The van der Waals surface area contributed by atoms with Crippen LogP contribution in [0.15, 0.2) is 24.3 Å². The fourth-order valence-corrected chi connectivity index (χ4v) is 22.9. The summed E-state index contributed by atoms with van der Waals surface area (Å²) in [6, 6.07) is 5.81. The summed E-state index contributed by atoms with van der Waals surface area (Å²) in [5, 5.41) is 17.3. The predicted molar refractivity (Wildman–Crippen MR) is 165 cm³/mol. The molecule has 0 atom stereocenters. The van der Waals surface area contributed by atoms with E-state index in [2.05, 4.69) is 41.5 Å². The number of para-hydroxylation sites is 1. The number of hydrogen-bond acceptors (Lipinski definition) is 2. The van der Waals surface area contributed by atoms with Crippen molar-refractivity contribution in [2.45, 2.75) is 145 Å². The van der Waals surface area contributed by atoms with Crippen molar-refractivity contribution in [1.82, 2.24) is 0 Å². The first-order chi connectivity index (χ1) is 17.4. The van der Waals surface area contributed by atoms with Gasteiger partial charge in [-0.2, -0.15) is 0 Å². The number of aromatic hydroxyl groups is 1. The van der Waals surface area contributed by atoms with E-state index in [1.807, 2.05) is 0 Å². The van der Waals surface area contributed by atoms with Crippen LogP contribution in [0.3, 0.4) is 0 Å². The molecule has 0 aromatic heterocycles. The van der Waals surface area contributed by atoms with E-state index in [-0.39, 0.29) is 11.3 Å². The molecule has 0 fully saturated rings. The molecule has 0 bridgehead atoms. The minimum Gasteiger partial charge on any atom is -0.507 e. The summed E-state index contributed by atoms with van der Waals surface area (Å²) >= 11 is -1.68. The average molecular weight is 718 g/mol. The normalized spacial score (nSPS) is 10.6. The molecule has 2 radical (unpaired) electrons. The van der Waals surface area contributed by atoms with E-state index in [1.54, 1.807) is 38.8 Å². The van der Waals surface area contributed by atoms with Gasteiger partial charge in [0.2, 0.25) is 0 Å². The Bertz CT molecular complexity index is 533. The topological polar surface area (TPSA) is 57.5 Å². The Labute approximate surface area is 239 Å². The van der Waals surface area contributed by atoms with Gasteiger partial charge in [-0.25, -0.2) is 4.79 Å². The Kier molecular flexibility index (Phi) is 31.5. The van der Waals surface area contributed by atoms with Gasteiger partial charge >= 0.3 is 191 Å². The smallest absolute Gasteiger partial charge is 0.339 e. The third-order valence-corrected chi connectivity index (χ3v) is 24.6. The van der Waals surface area contributed by atoms with Crippen molar-refractivity contribution in [3.05, 3.63) is 29.8 Å². The van der Waals surface area contributed by atoms with Crippen LogP contribution in [0.25, 0.3) is 0 Å². The van der Waals surface area contributed by atoms with Crippen LogP contribution >= 0.6 is 0 Å². The number of hydrogen-bond donors (Lipinski definition) is 2. The minimum atomic E-state index is -1.11. The second kappa shape index (κ2) is 29.6. The molecule has 0 spiro atoms. The molecule has 210 valence electrons. The largest absolute Gasteiger partial charge is 0.507 e. The minimum absolute atomic E-state index is 0.0671. The molecule has 0 heterocycles. The van der Waals surface area contributed by atoms with Crippen LogP contribution in [0.2, 0.25) is 26.6 Å². The quantitative estimate of drug-likeness (QED) is 0.140. The first-order valence-electron chi connectivity index (χ1n) is 15.1. The van der Waals surface area contributed by atoms with Crippen LogP contribution < -0.4 is 0 Å². The van der Waals surface area contributed by atoms with E-state index in [9.17, 15) is 4.79 Å². The Morgan fingerprint density at radius 1 is 0.583 bits per heavy atom. The van der Waals surface area contributed by atoms with Gasteiger partial charge in [0.15, 0.2) is 0 Å². The van der Waals surface area contributed by atoms with Gasteiger partial charge in [0.05, 0.1) is 0 Å². The molecule has 0 saturated carbocycles. The number of unbranched alkanes of at least 4 members (excludes halogenated alkanes) is 6. The van der Waals surface area contributed by atoms with E-state index in [0.717, 1.165) is 0 Å². The van der Waals surface area contributed by atoms with Crippen molar-refractivity contribution < 1.29 is 15.0 Å².